The van der Waals surface area contributed by atoms with E-state index in [9.17, 15) is 4.79 Å². The van der Waals surface area contributed by atoms with Crippen LogP contribution in [0.2, 0.25) is 0 Å². The van der Waals surface area contributed by atoms with Crippen molar-refractivity contribution >= 4 is 18.3 Å². The minimum absolute atomic E-state index is 0. The molecule has 0 spiro atoms. The van der Waals surface area contributed by atoms with E-state index in [1.165, 1.54) is 6.42 Å². The molecule has 0 aromatic carbocycles. The molecule has 1 aromatic heterocycles. The van der Waals surface area contributed by atoms with E-state index in [4.69, 9.17) is 5.73 Å². The summed E-state index contributed by atoms with van der Waals surface area (Å²) in [7, 11) is 0. The summed E-state index contributed by atoms with van der Waals surface area (Å²) in [4.78, 5) is 16.8. The minimum Gasteiger partial charge on any atom is -0.350 e. The average molecular weight is 314 g/mol. The number of nitrogens with zero attached hydrogens (tertiary/aromatic N) is 3. The summed E-state index contributed by atoms with van der Waals surface area (Å²) < 4.78 is 1.91. The first-order valence-electron chi connectivity index (χ1n) is 7.57. The second-order valence-corrected chi connectivity index (χ2v) is 6.18. The molecular weight excluding hydrogens is 290 g/mol. The second-order valence-electron chi connectivity index (χ2n) is 6.18. The van der Waals surface area contributed by atoms with Gasteiger partial charge in [0.25, 0.3) is 0 Å². The molecule has 3 N–H and O–H groups in total. The standard InChI is InChI=1S/C14H23N5O.ClH/c1-10-16-12-6-5-11(9-19(12)18-10)17-13(20)14(15)7-3-2-4-8-14;/h11H,2-9,15H2,1H3,(H,17,20);1H. The lowest BCUT2D eigenvalue weighted by molar-refractivity contribution is -0.128. The van der Waals surface area contributed by atoms with Crippen LogP contribution in [0.5, 0.6) is 0 Å². The Bertz CT molecular complexity index is 509. The number of carbonyl (C=O) groups excluding carboxylic acids is 1. The van der Waals surface area contributed by atoms with Gasteiger partial charge in [0.2, 0.25) is 5.91 Å². The van der Waals surface area contributed by atoms with Crippen molar-refractivity contribution in [1.82, 2.24) is 20.1 Å². The average Bonchev–Trinajstić information content (AvgIpc) is 2.79. The summed E-state index contributed by atoms with van der Waals surface area (Å²) in [6, 6.07) is 0.124. The SMILES string of the molecule is Cc1nc2n(n1)CC(NC(=O)C1(N)CCCCC1)CC2.Cl. The Morgan fingerprint density at radius 2 is 2.10 bits per heavy atom. The van der Waals surface area contributed by atoms with E-state index in [1.807, 2.05) is 11.6 Å². The molecule has 2 heterocycles. The Balaban J connectivity index is 0.00000161. The van der Waals surface area contributed by atoms with Crippen molar-refractivity contribution in [3.05, 3.63) is 11.6 Å². The number of fused-ring (bicyclic) bond motifs is 1. The summed E-state index contributed by atoms with van der Waals surface area (Å²) in [5, 5.41) is 7.49. The quantitative estimate of drug-likeness (QED) is 0.856. The highest BCUT2D eigenvalue weighted by atomic mass is 35.5. The number of hydrogen-bond donors (Lipinski definition) is 2. The number of nitrogens with two attached hydrogens (primary N) is 1. The normalized spacial score (nSPS) is 23.8. The molecule has 21 heavy (non-hydrogen) atoms. The molecule has 1 aliphatic carbocycles. The van der Waals surface area contributed by atoms with E-state index in [0.29, 0.717) is 6.54 Å². The molecule has 2 aliphatic rings. The number of nitrogens with one attached hydrogen (secondary N) is 1. The molecule has 3 rings (SSSR count). The molecule has 7 heteroatoms. The molecule has 1 saturated carbocycles. The van der Waals surface area contributed by atoms with Crippen LogP contribution in [0.4, 0.5) is 0 Å². The zero-order chi connectivity index (χ0) is 14.2. The van der Waals surface area contributed by atoms with Gasteiger partial charge < -0.3 is 11.1 Å². The van der Waals surface area contributed by atoms with Crippen molar-refractivity contribution in [2.75, 3.05) is 0 Å². The zero-order valence-corrected chi connectivity index (χ0v) is 13.3. The number of aromatic nitrogens is 3. The molecule has 1 aliphatic heterocycles. The van der Waals surface area contributed by atoms with Crippen LogP contribution in [0.3, 0.4) is 0 Å². The lowest BCUT2D eigenvalue weighted by atomic mass is 9.81. The Morgan fingerprint density at radius 1 is 1.38 bits per heavy atom. The van der Waals surface area contributed by atoms with Gasteiger partial charge in [-0.1, -0.05) is 19.3 Å². The smallest absolute Gasteiger partial charge is 0.240 e. The number of hydrogen-bond acceptors (Lipinski definition) is 4. The lowest BCUT2D eigenvalue weighted by Crippen LogP contribution is -2.58. The Kier molecular flexibility index (Phi) is 4.88. The molecule has 1 atom stereocenters. The van der Waals surface area contributed by atoms with Crippen molar-refractivity contribution in [2.24, 2.45) is 5.73 Å². The molecule has 1 aromatic rings. The number of carbonyl (C=O) groups is 1. The van der Waals surface area contributed by atoms with Gasteiger partial charge >= 0.3 is 0 Å². The van der Waals surface area contributed by atoms with Gasteiger partial charge in [0.15, 0.2) is 0 Å². The van der Waals surface area contributed by atoms with Crippen LogP contribution < -0.4 is 11.1 Å². The minimum atomic E-state index is -0.656. The molecule has 0 bridgehead atoms. The maximum Gasteiger partial charge on any atom is 0.240 e. The van der Waals surface area contributed by atoms with Gasteiger partial charge in [0.05, 0.1) is 12.1 Å². The molecule has 1 unspecified atom stereocenters. The molecule has 1 amide bonds. The van der Waals surface area contributed by atoms with E-state index in [2.05, 4.69) is 15.4 Å². The highest BCUT2D eigenvalue weighted by Crippen LogP contribution is 2.26. The van der Waals surface area contributed by atoms with Gasteiger partial charge in [-0.25, -0.2) is 9.67 Å². The second kappa shape index (κ2) is 6.32. The molecule has 0 saturated heterocycles. The van der Waals surface area contributed by atoms with Gasteiger partial charge in [-0.05, 0) is 26.2 Å². The van der Waals surface area contributed by atoms with Crippen LogP contribution in [0.25, 0.3) is 0 Å². The Morgan fingerprint density at radius 3 is 2.81 bits per heavy atom. The monoisotopic (exact) mass is 313 g/mol. The fourth-order valence-electron chi connectivity index (χ4n) is 3.29. The molecule has 1 fully saturated rings. The number of rotatable bonds is 2. The third-order valence-electron chi connectivity index (χ3n) is 4.50. The van der Waals surface area contributed by atoms with Crippen LogP contribution in [0, 0.1) is 6.92 Å². The number of aryl methyl sites for hydroxylation is 2. The van der Waals surface area contributed by atoms with E-state index in [0.717, 1.165) is 50.2 Å². The third kappa shape index (κ3) is 3.37. The third-order valence-corrected chi connectivity index (χ3v) is 4.50. The van der Waals surface area contributed by atoms with E-state index >= 15 is 0 Å². The van der Waals surface area contributed by atoms with Gasteiger partial charge in [0, 0.05) is 12.5 Å². The van der Waals surface area contributed by atoms with Crippen molar-refractivity contribution in [1.29, 1.82) is 0 Å². The van der Waals surface area contributed by atoms with Crippen molar-refractivity contribution in [2.45, 2.75) is 70.0 Å². The van der Waals surface area contributed by atoms with Crippen molar-refractivity contribution in [3.8, 4) is 0 Å². The van der Waals surface area contributed by atoms with Crippen molar-refractivity contribution in [3.63, 3.8) is 0 Å². The molecular formula is C14H24ClN5O. The number of halogens is 1. The predicted molar refractivity (Wildman–Crippen MR) is 82.3 cm³/mol. The maximum absolute atomic E-state index is 12.4. The largest absolute Gasteiger partial charge is 0.350 e. The first kappa shape index (κ1) is 16.2. The van der Waals surface area contributed by atoms with Gasteiger partial charge in [-0.2, -0.15) is 5.10 Å². The fourth-order valence-corrected chi connectivity index (χ4v) is 3.29. The first-order valence-corrected chi connectivity index (χ1v) is 7.57. The van der Waals surface area contributed by atoms with Crippen LogP contribution >= 0.6 is 12.4 Å². The molecule has 6 nitrogen and oxygen atoms in total. The summed E-state index contributed by atoms with van der Waals surface area (Å²) in [5.74, 6) is 1.84. The lowest BCUT2D eigenvalue weighted by Gasteiger charge is -2.34. The summed E-state index contributed by atoms with van der Waals surface area (Å²) in [6.07, 6.45) is 6.70. The van der Waals surface area contributed by atoms with Gasteiger partial charge in [0.1, 0.15) is 11.6 Å². The van der Waals surface area contributed by atoms with E-state index in [1.54, 1.807) is 0 Å². The molecule has 0 radical (unpaired) electrons. The highest BCUT2D eigenvalue weighted by Gasteiger charge is 2.36. The van der Waals surface area contributed by atoms with E-state index < -0.39 is 5.54 Å². The highest BCUT2D eigenvalue weighted by molar-refractivity contribution is 5.86. The Labute approximate surface area is 131 Å². The number of amides is 1. The maximum atomic E-state index is 12.4. The topological polar surface area (TPSA) is 85.8 Å². The van der Waals surface area contributed by atoms with E-state index in [-0.39, 0.29) is 24.4 Å². The van der Waals surface area contributed by atoms with Crippen molar-refractivity contribution < 1.29 is 4.79 Å². The van der Waals surface area contributed by atoms with Crippen LogP contribution in [-0.2, 0) is 17.8 Å². The first-order chi connectivity index (χ1) is 9.57. The fraction of sp³-hybridized carbons (Fsp3) is 0.786. The van der Waals surface area contributed by atoms with Gasteiger partial charge in [-0.15, -0.1) is 12.4 Å². The zero-order valence-electron chi connectivity index (χ0n) is 12.5. The summed E-state index contributed by atoms with van der Waals surface area (Å²) in [5.41, 5.74) is 5.62. The summed E-state index contributed by atoms with van der Waals surface area (Å²) >= 11 is 0. The molecule has 118 valence electrons. The predicted octanol–water partition coefficient (Wildman–Crippen LogP) is 1.10. The van der Waals surface area contributed by atoms with Crippen LogP contribution in [-0.4, -0.2) is 32.3 Å². The summed E-state index contributed by atoms with van der Waals surface area (Å²) in [6.45, 7) is 2.60. The van der Waals surface area contributed by atoms with Crippen LogP contribution in [0.15, 0.2) is 0 Å². The van der Waals surface area contributed by atoms with Gasteiger partial charge in [-0.3, -0.25) is 4.79 Å². The Hall–Kier alpha value is -1.14. The van der Waals surface area contributed by atoms with Crippen LogP contribution in [0.1, 0.15) is 50.2 Å².